The Labute approximate surface area is 158 Å². The number of amides is 3. The van der Waals surface area contributed by atoms with Crippen molar-refractivity contribution in [3.8, 4) is 5.75 Å². The summed E-state index contributed by atoms with van der Waals surface area (Å²) in [6.07, 6.45) is 0.696. The molecule has 4 N–H and O–H groups in total. The molecule has 8 heteroatoms. The summed E-state index contributed by atoms with van der Waals surface area (Å²) in [6, 6.07) is 4.85. The van der Waals surface area contributed by atoms with Crippen molar-refractivity contribution >= 4 is 17.7 Å². The maximum absolute atomic E-state index is 12.7. The number of nitrogens with one attached hydrogen (secondary N) is 3. The van der Waals surface area contributed by atoms with Crippen LogP contribution in [0.3, 0.4) is 0 Å². The molecule has 0 spiro atoms. The zero-order valence-electron chi connectivity index (χ0n) is 15.9. The first-order valence-electron chi connectivity index (χ1n) is 9.00. The fourth-order valence-electron chi connectivity index (χ4n) is 3.24. The zero-order chi connectivity index (χ0) is 20.0. The van der Waals surface area contributed by atoms with Gasteiger partial charge in [0.25, 0.3) is 0 Å². The van der Waals surface area contributed by atoms with Gasteiger partial charge in [0, 0.05) is 25.3 Å². The summed E-state index contributed by atoms with van der Waals surface area (Å²) in [5, 5.41) is 14.3. The molecule has 1 aliphatic heterocycles. The third-order valence-electron chi connectivity index (χ3n) is 4.61. The molecule has 0 saturated heterocycles. The molecule has 2 rings (SSSR count). The molecule has 27 heavy (non-hydrogen) atoms. The molecule has 3 amide bonds. The van der Waals surface area contributed by atoms with Crippen LogP contribution < -0.4 is 20.9 Å². The molecule has 0 aromatic heterocycles. The highest BCUT2D eigenvalue weighted by Crippen LogP contribution is 2.22. The van der Waals surface area contributed by atoms with Crippen molar-refractivity contribution in [3.05, 3.63) is 29.3 Å². The van der Waals surface area contributed by atoms with Crippen LogP contribution in [0.2, 0.25) is 0 Å². The fraction of sp³-hybridized carbons (Fsp3) is 0.526. The summed E-state index contributed by atoms with van der Waals surface area (Å²) in [6.45, 7) is 4.25. The monoisotopic (exact) mass is 377 g/mol. The molecule has 0 saturated carbocycles. The van der Waals surface area contributed by atoms with Crippen molar-refractivity contribution in [2.24, 2.45) is 11.8 Å². The van der Waals surface area contributed by atoms with Crippen LogP contribution in [-0.4, -0.2) is 36.1 Å². The highest BCUT2D eigenvalue weighted by Gasteiger charge is 2.29. The van der Waals surface area contributed by atoms with E-state index < -0.39 is 17.9 Å². The number of hydrogen-bond donors (Lipinski definition) is 4. The van der Waals surface area contributed by atoms with E-state index >= 15 is 0 Å². The minimum absolute atomic E-state index is 0.136. The largest absolute Gasteiger partial charge is 0.497 e. The Morgan fingerprint density at radius 2 is 2.07 bits per heavy atom. The number of rotatable bonds is 7. The number of hydroxylamine groups is 1. The lowest BCUT2D eigenvalue weighted by Crippen LogP contribution is -2.49. The first-order chi connectivity index (χ1) is 12.8. The number of carbonyl (C=O) groups is 3. The van der Waals surface area contributed by atoms with Gasteiger partial charge in [0.15, 0.2) is 0 Å². The maximum atomic E-state index is 12.7. The van der Waals surface area contributed by atoms with Crippen molar-refractivity contribution in [2.75, 3.05) is 7.11 Å². The van der Waals surface area contributed by atoms with Gasteiger partial charge in [-0.15, -0.1) is 0 Å². The number of benzene rings is 1. The minimum atomic E-state index is -0.723. The quantitative estimate of drug-likeness (QED) is 0.416. The third kappa shape index (κ3) is 5.68. The van der Waals surface area contributed by atoms with Gasteiger partial charge in [0.05, 0.1) is 7.11 Å². The van der Waals surface area contributed by atoms with E-state index in [-0.39, 0.29) is 24.2 Å². The van der Waals surface area contributed by atoms with E-state index in [0.717, 1.165) is 11.1 Å². The Kier molecular flexibility index (Phi) is 7.18. The SMILES string of the molecule is COc1ccc2c(c1)CNC(=O)[C@@H](NC(=O)[C@@H](CC(=O)NO)CC(C)C)C2. The second-order valence-electron chi connectivity index (χ2n) is 7.18. The average molecular weight is 377 g/mol. The summed E-state index contributed by atoms with van der Waals surface area (Å²) in [4.78, 5) is 36.6. The van der Waals surface area contributed by atoms with Crippen LogP contribution in [0.5, 0.6) is 5.75 Å². The Morgan fingerprint density at radius 1 is 1.33 bits per heavy atom. The molecule has 8 nitrogen and oxygen atoms in total. The topological polar surface area (TPSA) is 117 Å². The van der Waals surface area contributed by atoms with Gasteiger partial charge in [-0.3, -0.25) is 19.6 Å². The van der Waals surface area contributed by atoms with Gasteiger partial charge >= 0.3 is 0 Å². The van der Waals surface area contributed by atoms with Gasteiger partial charge in [-0.2, -0.15) is 0 Å². The summed E-state index contributed by atoms with van der Waals surface area (Å²) in [5.74, 6) is -0.999. The van der Waals surface area contributed by atoms with Gasteiger partial charge in [-0.1, -0.05) is 19.9 Å². The Morgan fingerprint density at radius 3 is 2.70 bits per heavy atom. The van der Waals surface area contributed by atoms with Gasteiger partial charge in [0.2, 0.25) is 17.7 Å². The van der Waals surface area contributed by atoms with Crippen LogP contribution in [0.25, 0.3) is 0 Å². The molecular weight excluding hydrogens is 350 g/mol. The molecule has 0 bridgehead atoms. The smallest absolute Gasteiger partial charge is 0.244 e. The van der Waals surface area contributed by atoms with Crippen LogP contribution in [0.4, 0.5) is 0 Å². The molecule has 1 heterocycles. The molecule has 0 unspecified atom stereocenters. The van der Waals surface area contributed by atoms with Crippen molar-refractivity contribution in [2.45, 2.75) is 45.7 Å². The molecule has 1 aromatic carbocycles. The number of hydrogen-bond acceptors (Lipinski definition) is 5. The Balaban J connectivity index is 2.13. The number of fused-ring (bicyclic) bond motifs is 1. The summed E-state index contributed by atoms with van der Waals surface area (Å²) in [5.41, 5.74) is 3.45. The van der Waals surface area contributed by atoms with Crippen LogP contribution in [0, 0.1) is 11.8 Å². The lowest BCUT2D eigenvalue weighted by Gasteiger charge is -2.22. The van der Waals surface area contributed by atoms with E-state index in [1.54, 1.807) is 12.6 Å². The first kappa shape index (κ1) is 20.7. The molecule has 1 aliphatic rings. The summed E-state index contributed by atoms with van der Waals surface area (Å²) < 4.78 is 5.21. The highest BCUT2D eigenvalue weighted by atomic mass is 16.5. The highest BCUT2D eigenvalue weighted by molar-refractivity contribution is 5.91. The van der Waals surface area contributed by atoms with E-state index in [9.17, 15) is 14.4 Å². The second kappa shape index (κ2) is 9.36. The van der Waals surface area contributed by atoms with E-state index in [4.69, 9.17) is 9.94 Å². The predicted molar refractivity (Wildman–Crippen MR) is 98.0 cm³/mol. The van der Waals surface area contributed by atoms with E-state index in [0.29, 0.717) is 25.1 Å². The first-order valence-corrected chi connectivity index (χ1v) is 9.00. The van der Waals surface area contributed by atoms with Crippen molar-refractivity contribution in [3.63, 3.8) is 0 Å². The number of ether oxygens (including phenoxy) is 1. The van der Waals surface area contributed by atoms with Crippen LogP contribution in [0.15, 0.2) is 18.2 Å². The second-order valence-corrected chi connectivity index (χ2v) is 7.18. The molecular formula is C19H27N3O5. The summed E-state index contributed by atoms with van der Waals surface area (Å²) >= 11 is 0. The predicted octanol–water partition coefficient (Wildman–Crippen LogP) is 0.910. The van der Waals surface area contributed by atoms with Gasteiger partial charge < -0.3 is 15.4 Å². The van der Waals surface area contributed by atoms with Gasteiger partial charge in [0.1, 0.15) is 11.8 Å². The molecule has 0 radical (unpaired) electrons. The van der Waals surface area contributed by atoms with Crippen LogP contribution in [-0.2, 0) is 27.3 Å². The van der Waals surface area contributed by atoms with Crippen molar-refractivity contribution in [1.29, 1.82) is 0 Å². The standard InChI is InChI=1S/C19H27N3O5/c1-11(2)6-13(9-17(23)22-26)18(24)21-16-8-12-4-5-15(27-3)7-14(12)10-20-19(16)25/h4-5,7,11,13,16,26H,6,8-10H2,1-3H3,(H,20,25)(H,21,24)(H,22,23)/t13-,16+/m1/s1. The number of carbonyl (C=O) groups excluding carboxylic acids is 3. The van der Waals surface area contributed by atoms with Crippen molar-refractivity contribution in [1.82, 2.24) is 16.1 Å². The Bertz CT molecular complexity index is 705. The minimum Gasteiger partial charge on any atom is -0.497 e. The lowest BCUT2D eigenvalue weighted by atomic mass is 9.92. The number of methoxy groups -OCH3 is 1. The molecule has 2 atom stereocenters. The van der Waals surface area contributed by atoms with Crippen molar-refractivity contribution < 1.29 is 24.3 Å². The molecule has 0 aliphatic carbocycles. The van der Waals surface area contributed by atoms with E-state index in [1.807, 2.05) is 32.0 Å². The average Bonchev–Trinajstić information content (AvgIpc) is 2.79. The Hall–Kier alpha value is -2.61. The molecule has 0 fully saturated rings. The third-order valence-corrected chi connectivity index (χ3v) is 4.61. The van der Waals surface area contributed by atoms with Gasteiger partial charge in [-0.25, -0.2) is 5.48 Å². The van der Waals surface area contributed by atoms with Crippen LogP contribution in [0.1, 0.15) is 37.8 Å². The molecule has 148 valence electrons. The fourth-order valence-corrected chi connectivity index (χ4v) is 3.24. The van der Waals surface area contributed by atoms with Gasteiger partial charge in [-0.05, 0) is 35.6 Å². The van der Waals surface area contributed by atoms with E-state index in [1.165, 1.54) is 0 Å². The summed E-state index contributed by atoms with van der Waals surface area (Å²) in [7, 11) is 1.58. The maximum Gasteiger partial charge on any atom is 0.244 e. The lowest BCUT2D eigenvalue weighted by molar-refractivity contribution is -0.136. The zero-order valence-corrected chi connectivity index (χ0v) is 15.9. The van der Waals surface area contributed by atoms with Crippen LogP contribution >= 0.6 is 0 Å². The molecule has 1 aromatic rings. The van der Waals surface area contributed by atoms with E-state index in [2.05, 4.69) is 10.6 Å². The normalized spacial score (nSPS) is 17.4.